The molecule has 0 saturated carbocycles. The lowest BCUT2D eigenvalue weighted by Gasteiger charge is -2.32. The summed E-state index contributed by atoms with van der Waals surface area (Å²) >= 11 is 0. The molecule has 9 heteroatoms. The molecule has 8 nitrogen and oxygen atoms in total. The number of carbonyl (C=O) groups is 2. The zero-order valence-corrected chi connectivity index (χ0v) is 21.3. The van der Waals surface area contributed by atoms with Gasteiger partial charge in [0.1, 0.15) is 18.3 Å². The van der Waals surface area contributed by atoms with Gasteiger partial charge in [0.05, 0.1) is 19.1 Å². The number of methoxy groups -OCH3 is 1. The van der Waals surface area contributed by atoms with Crippen LogP contribution in [-0.4, -0.2) is 63.7 Å². The molecule has 2 aromatic rings. The fraction of sp³-hybridized carbons (Fsp3) is 0.440. The number of nitrogens with one attached hydrogen (secondary N) is 1. The fourth-order valence-electron chi connectivity index (χ4n) is 3.40. The van der Waals surface area contributed by atoms with Crippen molar-refractivity contribution in [2.24, 2.45) is 0 Å². The number of sulfonamides is 1. The third-order valence-electron chi connectivity index (χ3n) is 5.69. The minimum Gasteiger partial charge on any atom is -0.497 e. The summed E-state index contributed by atoms with van der Waals surface area (Å²) in [5.74, 6) is -0.154. The van der Waals surface area contributed by atoms with Crippen molar-refractivity contribution < 1.29 is 22.7 Å². The number of nitrogens with zero attached hydrogens (tertiary/aromatic N) is 2. The van der Waals surface area contributed by atoms with Gasteiger partial charge in [-0.3, -0.25) is 13.9 Å². The van der Waals surface area contributed by atoms with E-state index in [1.54, 1.807) is 31.2 Å². The van der Waals surface area contributed by atoms with Crippen LogP contribution in [0.2, 0.25) is 0 Å². The van der Waals surface area contributed by atoms with Gasteiger partial charge < -0.3 is 15.0 Å². The topological polar surface area (TPSA) is 96.0 Å². The van der Waals surface area contributed by atoms with Crippen LogP contribution in [0.25, 0.3) is 0 Å². The monoisotopic (exact) mass is 489 g/mol. The van der Waals surface area contributed by atoms with Crippen LogP contribution in [0.1, 0.15) is 32.8 Å². The highest BCUT2D eigenvalue weighted by molar-refractivity contribution is 7.92. The van der Waals surface area contributed by atoms with Crippen molar-refractivity contribution in [1.82, 2.24) is 10.2 Å². The average molecular weight is 490 g/mol. The standard InChI is InChI=1S/C25H35N3O5S/c1-6-19(2)26-25(30)20(3)27(17-16-21-10-8-7-9-11-21)24(29)18-28(34(5,31)32)22-12-14-23(33-4)15-13-22/h7-15,19-20H,6,16-18H2,1-5H3,(H,26,30). The minimum absolute atomic E-state index is 0.0344. The molecule has 0 aromatic heterocycles. The Bertz CT molecular complexity index is 1040. The Hall–Kier alpha value is -3.07. The van der Waals surface area contributed by atoms with Gasteiger partial charge in [-0.2, -0.15) is 0 Å². The molecular formula is C25H35N3O5S. The van der Waals surface area contributed by atoms with Gasteiger partial charge in [-0.25, -0.2) is 8.42 Å². The predicted molar refractivity (Wildman–Crippen MR) is 134 cm³/mol. The Morgan fingerprint density at radius 1 is 1.03 bits per heavy atom. The molecule has 34 heavy (non-hydrogen) atoms. The second-order valence-electron chi connectivity index (χ2n) is 8.28. The Kier molecular flexibility index (Phi) is 9.92. The molecule has 1 N–H and O–H groups in total. The summed E-state index contributed by atoms with van der Waals surface area (Å²) in [5, 5.41) is 2.91. The Morgan fingerprint density at radius 2 is 1.65 bits per heavy atom. The first-order chi connectivity index (χ1) is 16.1. The number of anilines is 1. The van der Waals surface area contributed by atoms with Gasteiger partial charge in [0, 0.05) is 12.6 Å². The van der Waals surface area contributed by atoms with E-state index in [-0.39, 0.29) is 18.5 Å². The van der Waals surface area contributed by atoms with Crippen molar-refractivity contribution in [3.8, 4) is 5.75 Å². The molecule has 0 radical (unpaired) electrons. The lowest BCUT2D eigenvalue weighted by molar-refractivity contribution is -0.139. The SMILES string of the molecule is CCC(C)NC(=O)C(C)N(CCc1ccccc1)C(=O)CN(c1ccc(OC)cc1)S(C)(=O)=O. The van der Waals surface area contributed by atoms with Crippen molar-refractivity contribution in [2.75, 3.05) is 30.8 Å². The van der Waals surface area contributed by atoms with Gasteiger partial charge in [-0.05, 0) is 56.5 Å². The number of amides is 2. The molecule has 2 atom stereocenters. The predicted octanol–water partition coefficient (Wildman–Crippen LogP) is 2.84. The van der Waals surface area contributed by atoms with Crippen molar-refractivity contribution in [3.63, 3.8) is 0 Å². The van der Waals surface area contributed by atoms with Crippen LogP contribution in [0.15, 0.2) is 54.6 Å². The van der Waals surface area contributed by atoms with E-state index in [1.807, 2.05) is 44.2 Å². The number of benzene rings is 2. The first-order valence-electron chi connectivity index (χ1n) is 11.3. The molecule has 0 aliphatic rings. The number of hydrogen-bond donors (Lipinski definition) is 1. The minimum atomic E-state index is -3.76. The van der Waals surface area contributed by atoms with Crippen molar-refractivity contribution >= 4 is 27.5 Å². The highest BCUT2D eigenvalue weighted by Gasteiger charge is 2.30. The quantitative estimate of drug-likeness (QED) is 0.495. The van der Waals surface area contributed by atoms with Crippen LogP contribution in [0.3, 0.4) is 0 Å². The normalized spacial score (nSPS) is 13.0. The first-order valence-corrected chi connectivity index (χ1v) is 13.2. The highest BCUT2D eigenvalue weighted by atomic mass is 32.2. The van der Waals surface area contributed by atoms with E-state index < -0.39 is 28.5 Å². The molecule has 0 heterocycles. The lowest BCUT2D eigenvalue weighted by atomic mass is 10.1. The van der Waals surface area contributed by atoms with E-state index in [2.05, 4.69) is 5.32 Å². The van der Waals surface area contributed by atoms with E-state index in [0.29, 0.717) is 17.9 Å². The Balaban J connectivity index is 2.29. The van der Waals surface area contributed by atoms with E-state index >= 15 is 0 Å². The number of ether oxygens (including phenoxy) is 1. The second kappa shape index (κ2) is 12.4. The molecule has 2 amide bonds. The third-order valence-corrected chi connectivity index (χ3v) is 6.83. The third kappa shape index (κ3) is 7.76. The van der Waals surface area contributed by atoms with Gasteiger partial charge in [0.2, 0.25) is 21.8 Å². The fourth-order valence-corrected chi connectivity index (χ4v) is 4.25. The number of hydrogen-bond acceptors (Lipinski definition) is 5. The highest BCUT2D eigenvalue weighted by Crippen LogP contribution is 2.22. The van der Waals surface area contributed by atoms with Crippen LogP contribution < -0.4 is 14.4 Å². The zero-order chi connectivity index (χ0) is 25.3. The molecule has 2 rings (SSSR count). The maximum absolute atomic E-state index is 13.4. The number of rotatable bonds is 12. The Labute approximate surface area is 202 Å². The van der Waals surface area contributed by atoms with Crippen LogP contribution in [0.5, 0.6) is 5.75 Å². The molecule has 0 bridgehead atoms. The molecule has 2 aromatic carbocycles. The molecule has 0 spiro atoms. The molecule has 0 aliphatic heterocycles. The van der Waals surface area contributed by atoms with E-state index in [9.17, 15) is 18.0 Å². The van der Waals surface area contributed by atoms with Crippen LogP contribution >= 0.6 is 0 Å². The van der Waals surface area contributed by atoms with Crippen LogP contribution in [0, 0.1) is 0 Å². The molecule has 0 aliphatic carbocycles. The summed E-state index contributed by atoms with van der Waals surface area (Å²) in [6, 6.07) is 15.3. The molecular weight excluding hydrogens is 454 g/mol. The van der Waals surface area contributed by atoms with Gasteiger partial charge in [0.15, 0.2) is 0 Å². The van der Waals surface area contributed by atoms with Gasteiger partial charge in [-0.1, -0.05) is 37.3 Å². The summed E-state index contributed by atoms with van der Waals surface area (Å²) in [6.45, 7) is 5.39. The van der Waals surface area contributed by atoms with E-state index in [4.69, 9.17) is 4.74 Å². The average Bonchev–Trinajstić information content (AvgIpc) is 2.82. The summed E-state index contributed by atoms with van der Waals surface area (Å²) in [4.78, 5) is 27.7. The van der Waals surface area contributed by atoms with E-state index in [1.165, 1.54) is 12.0 Å². The first kappa shape index (κ1) is 27.2. The summed E-state index contributed by atoms with van der Waals surface area (Å²) in [7, 11) is -2.24. The summed E-state index contributed by atoms with van der Waals surface area (Å²) in [5.41, 5.74) is 1.36. The lowest BCUT2D eigenvalue weighted by Crippen LogP contribution is -2.53. The maximum Gasteiger partial charge on any atom is 0.244 e. The zero-order valence-electron chi connectivity index (χ0n) is 20.5. The molecule has 0 saturated heterocycles. The van der Waals surface area contributed by atoms with E-state index in [0.717, 1.165) is 22.5 Å². The van der Waals surface area contributed by atoms with Crippen molar-refractivity contribution in [2.45, 2.75) is 45.7 Å². The largest absolute Gasteiger partial charge is 0.497 e. The van der Waals surface area contributed by atoms with Crippen LogP contribution in [-0.2, 0) is 26.0 Å². The van der Waals surface area contributed by atoms with Gasteiger partial charge in [0.25, 0.3) is 0 Å². The van der Waals surface area contributed by atoms with Crippen molar-refractivity contribution in [3.05, 3.63) is 60.2 Å². The molecule has 2 unspecified atom stereocenters. The molecule has 0 fully saturated rings. The van der Waals surface area contributed by atoms with Crippen LogP contribution in [0.4, 0.5) is 5.69 Å². The van der Waals surface area contributed by atoms with Gasteiger partial charge >= 0.3 is 0 Å². The summed E-state index contributed by atoms with van der Waals surface area (Å²) in [6.07, 6.45) is 2.35. The number of carbonyl (C=O) groups excluding carboxylic acids is 2. The summed E-state index contributed by atoms with van der Waals surface area (Å²) < 4.78 is 31.3. The maximum atomic E-state index is 13.4. The second-order valence-corrected chi connectivity index (χ2v) is 10.2. The smallest absolute Gasteiger partial charge is 0.244 e. The van der Waals surface area contributed by atoms with Gasteiger partial charge in [-0.15, -0.1) is 0 Å². The molecule has 186 valence electrons. The Morgan fingerprint density at radius 3 is 2.18 bits per heavy atom. The van der Waals surface area contributed by atoms with Crippen molar-refractivity contribution in [1.29, 1.82) is 0 Å².